The molecule has 0 saturated heterocycles. The van der Waals surface area contributed by atoms with Crippen molar-refractivity contribution in [2.24, 2.45) is 0 Å². The number of fused-ring (bicyclic) bond motifs is 1. The van der Waals surface area contributed by atoms with E-state index in [0.717, 1.165) is 33.5 Å². The fourth-order valence-electron chi connectivity index (χ4n) is 2.61. The summed E-state index contributed by atoms with van der Waals surface area (Å²) >= 11 is 2.31. The van der Waals surface area contributed by atoms with E-state index >= 15 is 0 Å². The van der Waals surface area contributed by atoms with E-state index in [1.165, 1.54) is 3.57 Å². The van der Waals surface area contributed by atoms with E-state index in [1.54, 1.807) is 0 Å². The first-order valence-electron chi connectivity index (χ1n) is 7.39. The minimum atomic E-state index is 0.917. The maximum Gasteiger partial charge on any atom is 0.0973 e. The van der Waals surface area contributed by atoms with Gasteiger partial charge in [-0.2, -0.15) is 0 Å². The summed E-state index contributed by atoms with van der Waals surface area (Å²) in [5.74, 6) is 0. The Morgan fingerprint density at radius 3 is 1.57 bits per heavy atom. The second-order valence-electron chi connectivity index (χ2n) is 5.28. The van der Waals surface area contributed by atoms with Crippen LogP contribution in [0.2, 0.25) is 0 Å². The van der Waals surface area contributed by atoms with Gasteiger partial charge in [0.25, 0.3) is 0 Å². The van der Waals surface area contributed by atoms with Crippen LogP contribution < -0.4 is 0 Å². The molecule has 0 aliphatic rings. The van der Waals surface area contributed by atoms with Gasteiger partial charge in [0.2, 0.25) is 0 Å². The van der Waals surface area contributed by atoms with Crippen molar-refractivity contribution in [2.75, 3.05) is 0 Å². The first-order chi connectivity index (χ1) is 11.3. The second-order valence-corrected chi connectivity index (χ2v) is 6.53. The summed E-state index contributed by atoms with van der Waals surface area (Å²) < 4.78 is 1.21. The van der Waals surface area contributed by atoms with Gasteiger partial charge in [0.15, 0.2) is 0 Å². The topological polar surface area (TPSA) is 25.8 Å². The first-order valence-corrected chi connectivity index (χ1v) is 8.47. The summed E-state index contributed by atoms with van der Waals surface area (Å²) in [7, 11) is 0. The van der Waals surface area contributed by atoms with Gasteiger partial charge < -0.3 is 0 Å². The Morgan fingerprint density at radius 2 is 1.00 bits per heavy atom. The lowest BCUT2D eigenvalue weighted by molar-refractivity contribution is 1.29. The molecule has 0 fully saturated rings. The number of benzene rings is 3. The number of para-hydroxylation sites is 2. The lowest BCUT2D eigenvalue weighted by Gasteiger charge is -2.10. The van der Waals surface area contributed by atoms with Gasteiger partial charge in [0.1, 0.15) is 0 Å². The second kappa shape index (κ2) is 6.08. The Labute approximate surface area is 148 Å². The van der Waals surface area contributed by atoms with Crippen molar-refractivity contribution in [3.05, 3.63) is 82.4 Å². The lowest BCUT2D eigenvalue weighted by Crippen LogP contribution is -1.95. The molecule has 1 aromatic heterocycles. The maximum atomic E-state index is 4.89. The molecule has 0 bridgehead atoms. The molecular formula is C20H13IN2. The molecule has 0 radical (unpaired) electrons. The summed E-state index contributed by atoms with van der Waals surface area (Å²) in [5, 5.41) is 0. The quantitative estimate of drug-likeness (QED) is 0.406. The van der Waals surface area contributed by atoms with E-state index in [2.05, 4.69) is 59.0 Å². The standard InChI is InChI=1S/C20H13IN2/c21-16-12-10-15(11-13-16)20-19(14-6-2-1-3-7-14)22-17-8-4-5-9-18(17)23-20/h1-13H. The van der Waals surface area contributed by atoms with Gasteiger partial charge in [-0.25, -0.2) is 9.97 Å². The number of nitrogens with zero attached hydrogens (tertiary/aromatic N) is 2. The molecule has 3 aromatic carbocycles. The molecule has 1 heterocycles. The minimum absolute atomic E-state index is 0.917. The van der Waals surface area contributed by atoms with Gasteiger partial charge in [-0.1, -0.05) is 54.6 Å². The van der Waals surface area contributed by atoms with Crippen LogP contribution in [0, 0.1) is 3.57 Å². The molecule has 3 heteroatoms. The highest BCUT2D eigenvalue weighted by Gasteiger charge is 2.12. The molecule has 110 valence electrons. The van der Waals surface area contributed by atoms with Crippen LogP contribution in [0.5, 0.6) is 0 Å². The molecule has 0 spiro atoms. The van der Waals surface area contributed by atoms with Crippen LogP contribution in [0.3, 0.4) is 0 Å². The van der Waals surface area contributed by atoms with Crippen molar-refractivity contribution in [1.82, 2.24) is 9.97 Å². The van der Waals surface area contributed by atoms with E-state index in [9.17, 15) is 0 Å². The van der Waals surface area contributed by atoms with Crippen LogP contribution in [0.15, 0.2) is 78.9 Å². The van der Waals surface area contributed by atoms with E-state index in [-0.39, 0.29) is 0 Å². The molecule has 0 saturated carbocycles. The molecule has 0 N–H and O–H groups in total. The molecular weight excluding hydrogens is 395 g/mol. The van der Waals surface area contributed by atoms with Crippen molar-refractivity contribution >= 4 is 33.6 Å². The van der Waals surface area contributed by atoms with Gasteiger partial charge in [0.05, 0.1) is 22.4 Å². The Kier molecular flexibility index (Phi) is 3.79. The third kappa shape index (κ3) is 2.84. The molecule has 4 aromatic rings. The van der Waals surface area contributed by atoms with Gasteiger partial charge >= 0.3 is 0 Å². The summed E-state index contributed by atoms with van der Waals surface area (Å²) in [4.78, 5) is 9.77. The molecule has 0 unspecified atom stereocenters. The highest BCUT2D eigenvalue weighted by atomic mass is 127. The Hall–Kier alpha value is -2.27. The highest BCUT2D eigenvalue weighted by Crippen LogP contribution is 2.31. The fourth-order valence-corrected chi connectivity index (χ4v) is 2.97. The van der Waals surface area contributed by atoms with Crippen molar-refractivity contribution in [2.45, 2.75) is 0 Å². The van der Waals surface area contributed by atoms with Gasteiger partial charge in [-0.3, -0.25) is 0 Å². The summed E-state index contributed by atoms with van der Waals surface area (Å²) in [6.07, 6.45) is 0. The van der Waals surface area contributed by atoms with Crippen LogP contribution >= 0.6 is 22.6 Å². The van der Waals surface area contributed by atoms with Crippen LogP contribution in [0.1, 0.15) is 0 Å². The smallest absolute Gasteiger partial charge is 0.0973 e. The third-order valence-corrected chi connectivity index (χ3v) is 4.45. The lowest BCUT2D eigenvalue weighted by atomic mass is 10.0. The predicted molar refractivity (Wildman–Crippen MR) is 103 cm³/mol. The van der Waals surface area contributed by atoms with Crippen LogP contribution in [0.4, 0.5) is 0 Å². The zero-order valence-corrected chi connectivity index (χ0v) is 14.4. The van der Waals surface area contributed by atoms with E-state index in [4.69, 9.17) is 9.97 Å². The summed E-state index contributed by atoms with van der Waals surface area (Å²) in [5.41, 5.74) is 5.85. The average molecular weight is 408 g/mol. The van der Waals surface area contributed by atoms with Gasteiger partial charge in [-0.05, 0) is 46.9 Å². The maximum absolute atomic E-state index is 4.89. The molecule has 23 heavy (non-hydrogen) atoms. The van der Waals surface area contributed by atoms with Crippen LogP contribution in [0.25, 0.3) is 33.5 Å². The number of aromatic nitrogens is 2. The largest absolute Gasteiger partial charge is 0.244 e. The van der Waals surface area contributed by atoms with E-state index < -0.39 is 0 Å². The zero-order valence-electron chi connectivity index (χ0n) is 12.3. The van der Waals surface area contributed by atoms with Crippen molar-refractivity contribution in [3.8, 4) is 22.5 Å². The Morgan fingerprint density at radius 1 is 0.522 bits per heavy atom. The van der Waals surface area contributed by atoms with E-state index in [1.807, 2.05) is 42.5 Å². The van der Waals surface area contributed by atoms with Crippen LogP contribution in [-0.4, -0.2) is 9.97 Å². The van der Waals surface area contributed by atoms with Gasteiger partial charge in [-0.15, -0.1) is 0 Å². The first kappa shape index (κ1) is 14.3. The Bertz CT molecular complexity index is 964. The van der Waals surface area contributed by atoms with Crippen molar-refractivity contribution in [3.63, 3.8) is 0 Å². The molecule has 0 atom stereocenters. The minimum Gasteiger partial charge on any atom is -0.244 e. The highest BCUT2D eigenvalue weighted by molar-refractivity contribution is 14.1. The fraction of sp³-hybridized carbons (Fsp3) is 0. The van der Waals surface area contributed by atoms with E-state index in [0.29, 0.717) is 0 Å². The van der Waals surface area contributed by atoms with Crippen LogP contribution in [-0.2, 0) is 0 Å². The number of hydrogen-bond acceptors (Lipinski definition) is 2. The monoisotopic (exact) mass is 408 g/mol. The molecule has 0 aliphatic heterocycles. The predicted octanol–water partition coefficient (Wildman–Crippen LogP) is 5.57. The molecule has 4 rings (SSSR count). The molecule has 2 nitrogen and oxygen atoms in total. The van der Waals surface area contributed by atoms with Crippen molar-refractivity contribution < 1.29 is 0 Å². The summed E-state index contributed by atoms with van der Waals surface area (Å²) in [6.45, 7) is 0. The molecule has 0 amide bonds. The average Bonchev–Trinajstić information content (AvgIpc) is 2.62. The van der Waals surface area contributed by atoms with Crippen molar-refractivity contribution in [1.29, 1.82) is 0 Å². The number of halogens is 1. The SMILES string of the molecule is Ic1ccc(-c2nc3ccccc3nc2-c2ccccc2)cc1. The molecule has 0 aliphatic carbocycles. The third-order valence-electron chi connectivity index (χ3n) is 3.74. The normalized spacial score (nSPS) is 10.8. The number of hydrogen-bond donors (Lipinski definition) is 0. The van der Waals surface area contributed by atoms with Gasteiger partial charge in [0, 0.05) is 14.7 Å². The number of rotatable bonds is 2. The Balaban J connectivity index is 2.02. The zero-order chi connectivity index (χ0) is 15.6. The summed E-state index contributed by atoms with van der Waals surface area (Å²) in [6, 6.07) is 26.6.